The van der Waals surface area contributed by atoms with Gasteiger partial charge >= 0.3 is 37.8 Å². The molecule has 0 bridgehead atoms. The van der Waals surface area contributed by atoms with Gasteiger partial charge in [0.1, 0.15) is 0 Å². The van der Waals surface area contributed by atoms with Crippen LogP contribution in [0.15, 0.2) is 0 Å². The van der Waals surface area contributed by atoms with E-state index in [4.69, 9.17) is 27.7 Å². The van der Waals surface area contributed by atoms with Crippen molar-refractivity contribution in [2.45, 2.75) is 0 Å². The van der Waals surface area contributed by atoms with E-state index in [0.717, 1.165) is 0 Å². The van der Waals surface area contributed by atoms with Gasteiger partial charge in [0.25, 0.3) is 0 Å². The fourth-order valence-electron chi connectivity index (χ4n) is 0. The monoisotopic (exact) mass is 185 g/mol. The molecule has 0 rings (SSSR count). The number of hydrogen-bond donors (Lipinski definition) is 3. The molecular formula is H3NaO6PS+. The molecule has 0 fully saturated rings. The van der Waals surface area contributed by atoms with Crippen LogP contribution in [0.4, 0.5) is 0 Å². The van der Waals surface area contributed by atoms with Crippen LogP contribution in [-0.4, -0.2) is 23.1 Å². The molecular weight excluding hydrogens is 182 g/mol. The molecule has 1 unspecified atom stereocenters. The molecule has 0 aliphatic rings. The summed E-state index contributed by atoms with van der Waals surface area (Å²) in [6, 6.07) is 0. The van der Waals surface area contributed by atoms with Gasteiger partial charge in [0.2, 0.25) is 0 Å². The Hall–Kier alpha value is 1.09. The predicted octanol–water partition coefficient (Wildman–Crippen LogP) is -4.03. The van der Waals surface area contributed by atoms with Gasteiger partial charge in [0, 0.05) is 4.57 Å². The van der Waals surface area contributed by atoms with Crippen LogP contribution in [0.2, 0.25) is 0 Å². The molecule has 50 valence electrons. The van der Waals surface area contributed by atoms with Crippen molar-refractivity contribution < 1.29 is 57.2 Å². The Bertz CT molecular complexity index is 71.1. The third kappa shape index (κ3) is 385. The Balaban J connectivity index is -0.0000000720. The third-order valence-electron chi connectivity index (χ3n) is 0. The quantitative estimate of drug-likeness (QED) is 0.201. The van der Waals surface area contributed by atoms with Crippen molar-refractivity contribution >= 4 is 19.6 Å². The second-order valence-electron chi connectivity index (χ2n) is 0.470. The molecule has 0 radical (unpaired) electrons. The van der Waals surface area contributed by atoms with Crippen LogP contribution in [-0.2, 0) is 15.9 Å². The molecule has 0 saturated heterocycles. The van der Waals surface area contributed by atoms with Gasteiger partial charge in [0.05, 0.1) is 11.4 Å². The molecule has 0 saturated carbocycles. The van der Waals surface area contributed by atoms with E-state index >= 15 is 0 Å². The molecule has 0 amide bonds. The molecule has 0 aromatic carbocycles. The van der Waals surface area contributed by atoms with E-state index in [1.54, 1.807) is 0 Å². The Morgan fingerprint density at radius 2 is 1.44 bits per heavy atom. The van der Waals surface area contributed by atoms with Crippen molar-refractivity contribution in [3.05, 3.63) is 0 Å². The summed E-state index contributed by atoms with van der Waals surface area (Å²) in [5.74, 6) is 0. The molecule has 0 aliphatic heterocycles. The zero-order chi connectivity index (χ0) is 7.15. The molecule has 3 N–H and O–H groups in total. The third-order valence-corrected chi connectivity index (χ3v) is 0. The summed E-state index contributed by atoms with van der Waals surface area (Å²) >= 11 is -2.86. The van der Waals surface area contributed by atoms with E-state index in [1.165, 1.54) is 0 Å². The summed E-state index contributed by atoms with van der Waals surface area (Å²) in [5.41, 5.74) is 0. The number of hydrogen-bond acceptors (Lipinski definition) is 3. The molecule has 0 heterocycles. The molecule has 1 atom stereocenters. The summed E-state index contributed by atoms with van der Waals surface area (Å²) in [4.78, 5) is 14.2. The Morgan fingerprint density at radius 1 is 1.44 bits per heavy atom. The first-order chi connectivity index (χ1) is 3.46. The Morgan fingerprint density at radius 3 is 1.44 bits per heavy atom. The average Bonchev–Trinajstić information content (AvgIpc) is 1.25. The fourth-order valence-corrected chi connectivity index (χ4v) is 0. The minimum atomic E-state index is -2.87. The van der Waals surface area contributed by atoms with Crippen molar-refractivity contribution in [1.82, 2.24) is 0 Å². The van der Waals surface area contributed by atoms with Gasteiger partial charge in [-0.2, -0.15) is 0 Å². The molecule has 9 heavy (non-hydrogen) atoms. The minimum Gasteiger partial charge on any atom is -0.750 e. The van der Waals surface area contributed by atoms with Crippen LogP contribution in [0, 0.1) is 0 Å². The largest absolute Gasteiger partial charge is 1.00 e. The molecule has 0 aliphatic carbocycles. The first-order valence-electron chi connectivity index (χ1n) is 1.10. The maximum atomic E-state index is 8.70. The first-order valence-corrected chi connectivity index (χ1v) is 3.30. The number of rotatable bonds is 0. The predicted molar refractivity (Wildman–Crippen MR) is 23.6 cm³/mol. The van der Waals surface area contributed by atoms with Crippen LogP contribution in [0.25, 0.3) is 0 Å². The van der Waals surface area contributed by atoms with Gasteiger partial charge in [-0.25, -0.2) is 4.21 Å². The van der Waals surface area contributed by atoms with Gasteiger partial charge in [0.15, 0.2) is 0 Å². The van der Waals surface area contributed by atoms with Gasteiger partial charge in [-0.05, 0) is 0 Å². The summed E-state index contributed by atoms with van der Waals surface area (Å²) in [5, 5.41) is 0. The first kappa shape index (κ1) is 16.6. The van der Waals surface area contributed by atoms with Crippen LogP contribution in [0.5, 0.6) is 0 Å². The van der Waals surface area contributed by atoms with E-state index in [0.29, 0.717) is 0 Å². The van der Waals surface area contributed by atoms with Crippen LogP contribution in [0.3, 0.4) is 0 Å². The van der Waals surface area contributed by atoms with Gasteiger partial charge in [-0.3, -0.25) is 0 Å². The SMILES string of the molecule is O=S([O-])O.O=[P+](O)O.[Na+]. The summed E-state index contributed by atoms with van der Waals surface area (Å²) in [6.07, 6.45) is 0. The Kier molecular flexibility index (Phi) is 21.8. The van der Waals surface area contributed by atoms with Crippen LogP contribution < -0.4 is 29.6 Å². The van der Waals surface area contributed by atoms with Gasteiger partial charge in [-0.15, -0.1) is 9.79 Å². The van der Waals surface area contributed by atoms with Crippen molar-refractivity contribution in [2.24, 2.45) is 0 Å². The molecule has 0 aromatic rings. The van der Waals surface area contributed by atoms with Gasteiger partial charge in [-0.1, -0.05) is 0 Å². The van der Waals surface area contributed by atoms with Crippen LogP contribution >= 0.6 is 8.25 Å². The normalized spacial score (nSPS) is 9.78. The molecule has 9 heteroatoms. The zero-order valence-electron chi connectivity index (χ0n) is 4.42. The van der Waals surface area contributed by atoms with E-state index in [-0.39, 0.29) is 29.6 Å². The summed E-state index contributed by atoms with van der Waals surface area (Å²) in [6.45, 7) is 0. The second kappa shape index (κ2) is 11.8. The van der Waals surface area contributed by atoms with E-state index < -0.39 is 19.6 Å². The molecule has 6 nitrogen and oxygen atoms in total. The van der Waals surface area contributed by atoms with Crippen molar-refractivity contribution in [3.8, 4) is 0 Å². The fraction of sp³-hybridized carbons (Fsp3) is 0. The summed E-state index contributed by atoms with van der Waals surface area (Å²) < 4.78 is 32.8. The topological polar surface area (TPSA) is 118 Å². The average molecular weight is 185 g/mol. The van der Waals surface area contributed by atoms with E-state index in [9.17, 15) is 0 Å². The Labute approximate surface area is 76.6 Å². The van der Waals surface area contributed by atoms with E-state index in [2.05, 4.69) is 0 Å². The second-order valence-corrected chi connectivity index (χ2v) is 1.41. The maximum absolute atomic E-state index is 8.70. The zero-order valence-corrected chi connectivity index (χ0v) is 8.13. The smallest absolute Gasteiger partial charge is 0.750 e. The molecule has 0 aromatic heterocycles. The molecule has 0 spiro atoms. The van der Waals surface area contributed by atoms with Crippen molar-refractivity contribution in [2.75, 3.05) is 0 Å². The maximum Gasteiger partial charge on any atom is 1.00 e. The standard InChI is InChI=1S/Na.HO3P.H2O3S/c;2*1-4(2)3/h;(H-,1,2,3);(H2,1,2,3)/q+1;;. The minimum absolute atomic E-state index is 0. The summed E-state index contributed by atoms with van der Waals surface area (Å²) in [7, 11) is -2.87. The van der Waals surface area contributed by atoms with Crippen LogP contribution in [0.1, 0.15) is 0 Å². The van der Waals surface area contributed by atoms with Crippen molar-refractivity contribution in [3.63, 3.8) is 0 Å². The van der Waals surface area contributed by atoms with Crippen molar-refractivity contribution in [1.29, 1.82) is 0 Å². The van der Waals surface area contributed by atoms with Gasteiger partial charge < -0.3 is 9.11 Å². The van der Waals surface area contributed by atoms with E-state index in [1.807, 2.05) is 0 Å².